The monoisotopic (exact) mass is 710 g/mol. The summed E-state index contributed by atoms with van der Waals surface area (Å²) in [5.41, 5.74) is -8.72. The zero-order valence-electron chi connectivity index (χ0n) is 28.8. The van der Waals surface area contributed by atoms with E-state index in [1.54, 1.807) is 6.92 Å². The molecule has 0 bridgehead atoms. The number of rotatable bonds is 6. The number of nitrogens with zero attached hydrogens (tertiary/aromatic N) is 1. The first-order valence-corrected chi connectivity index (χ1v) is 15.9. The second-order valence-electron chi connectivity index (χ2n) is 12.8. The fraction of sp³-hybridized carbons (Fsp3) is 0.457. The third-order valence-electron chi connectivity index (χ3n) is 10.4. The number of hydrogen-bond donors (Lipinski definition) is 6. The Balaban J connectivity index is 1.54. The lowest BCUT2D eigenvalue weighted by molar-refractivity contribution is -0.236. The number of phenolic OH excluding ortho intramolecular Hbond substituents is 2. The standard InChI is InChI=1S/C35H38N2O14/c1-12-8-14-9-19(38)35(50-7)31(44)22-16(30(43)34(35,46)23(14)26(41)20(12)33(45)49-6)10-15-21(25(22)40)17(36-3)11-18(24(15)39)37-32-29(48-5)27(42)28(47-4)13(2)51-32/h8,10-11,13,19,27-29,32,37-38,40-42,46H,9H2,1-7H3/t13?,19-,27?,28?,29?,32?,34+,35-/m1/s1. The van der Waals surface area contributed by atoms with Gasteiger partial charge in [0.2, 0.25) is 17.3 Å². The van der Waals surface area contributed by atoms with Gasteiger partial charge in [-0.2, -0.15) is 0 Å². The summed E-state index contributed by atoms with van der Waals surface area (Å²) in [6, 6.07) is 2.37. The van der Waals surface area contributed by atoms with E-state index in [-0.39, 0.29) is 33.7 Å². The zero-order valence-corrected chi connectivity index (χ0v) is 28.8. The van der Waals surface area contributed by atoms with Gasteiger partial charge in [0.05, 0.1) is 41.9 Å². The molecule has 1 fully saturated rings. The number of aromatic hydroxyl groups is 2. The zero-order chi connectivity index (χ0) is 37.5. The van der Waals surface area contributed by atoms with Crippen molar-refractivity contribution in [3.05, 3.63) is 68.4 Å². The summed E-state index contributed by atoms with van der Waals surface area (Å²) >= 11 is 0. The van der Waals surface area contributed by atoms with E-state index in [2.05, 4.69) is 10.3 Å². The van der Waals surface area contributed by atoms with Gasteiger partial charge in [0, 0.05) is 51.5 Å². The van der Waals surface area contributed by atoms with Crippen molar-refractivity contribution in [1.29, 1.82) is 0 Å². The van der Waals surface area contributed by atoms with E-state index in [0.717, 1.165) is 20.3 Å². The van der Waals surface area contributed by atoms with E-state index >= 15 is 0 Å². The third kappa shape index (κ3) is 4.68. The van der Waals surface area contributed by atoms with Crippen LogP contribution in [0.2, 0.25) is 0 Å². The number of carbonyl (C=O) groups is 4. The number of hydrogen-bond acceptors (Lipinski definition) is 16. The number of phenols is 2. The van der Waals surface area contributed by atoms with Gasteiger partial charge in [-0.1, -0.05) is 6.07 Å². The van der Waals surface area contributed by atoms with E-state index in [0.29, 0.717) is 0 Å². The number of ether oxygens (including phenoxy) is 5. The molecule has 5 unspecified atom stereocenters. The van der Waals surface area contributed by atoms with Crippen LogP contribution < -0.4 is 5.32 Å². The van der Waals surface area contributed by atoms with Crippen molar-refractivity contribution in [2.45, 2.75) is 68.2 Å². The maximum Gasteiger partial charge on any atom is 0.341 e. The topological polar surface area (TPSA) is 240 Å². The Morgan fingerprint density at radius 3 is 2.24 bits per heavy atom. The first kappa shape index (κ1) is 36.2. The molecule has 0 aromatic heterocycles. The highest BCUT2D eigenvalue weighted by Crippen LogP contribution is 2.56. The van der Waals surface area contributed by atoms with Crippen LogP contribution in [0, 0.1) is 6.92 Å². The van der Waals surface area contributed by atoms with Crippen molar-refractivity contribution >= 4 is 29.0 Å². The highest BCUT2D eigenvalue weighted by atomic mass is 16.6. The Kier molecular flexibility index (Phi) is 8.95. The fourth-order valence-corrected chi connectivity index (χ4v) is 8.04. The van der Waals surface area contributed by atoms with Crippen LogP contribution in [-0.2, 0) is 35.7 Å². The Morgan fingerprint density at radius 1 is 0.980 bits per heavy atom. The highest BCUT2D eigenvalue weighted by Gasteiger charge is 2.72. The maximum absolute atomic E-state index is 14.7. The summed E-state index contributed by atoms with van der Waals surface area (Å²) < 4.78 is 27.1. The molecule has 3 aliphatic carbocycles. The lowest BCUT2D eigenvalue weighted by atomic mass is 9.56. The summed E-state index contributed by atoms with van der Waals surface area (Å²) in [6.07, 6.45) is -5.69. The predicted octanol–water partition coefficient (Wildman–Crippen LogP) is -0.0138. The number of benzene rings is 2. The normalized spacial score (nSPS) is 32.1. The number of methoxy groups -OCH3 is 4. The van der Waals surface area contributed by atoms with Crippen LogP contribution in [0.4, 0.5) is 0 Å². The Morgan fingerprint density at radius 2 is 1.65 bits per heavy atom. The molecule has 6 rings (SSSR count). The average Bonchev–Trinajstić information content (AvgIpc) is 3.08. The molecule has 0 spiro atoms. The third-order valence-corrected chi connectivity index (χ3v) is 10.4. The number of aliphatic imine (C=N–C) groups is 1. The van der Waals surface area contributed by atoms with Crippen LogP contribution >= 0.6 is 0 Å². The molecule has 16 heteroatoms. The molecule has 1 saturated heterocycles. The molecule has 16 nitrogen and oxygen atoms in total. The van der Waals surface area contributed by atoms with Crippen molar-refractivity contribution in [3.63, 3.8) is 0 Å². The lowest BCUT2D eigenvalue weighted by Gasteiger charge is -2.53. The summed E-state index contributed by atoms with van der Waals surface area (Å²) in [5, 5.41) is 61.1. The van der Waals surface area contributed by atoms with Gasteiger partial charge < -0.3 is 54.5 Å². The van der Waals surface area contributed by atoms with Crippen molar-refractivity contribution in [1.82, 2.24) is 5.32 Å². The molecule has 1 heterocycles. The highest BCUT2D eigenvalue weighted by molar-refractivity contribution is 6.31. The summed E-state index contributed by atoms with van der Waals surface area (Å²) in [4.78, 5) is 60.3. The second-order valence-corrected chi connectivity index (χ2v) is 12.8. The van der Waals surface area contributed by atoms with Gasteiger partial charge in [-0.05, 0) is 37.1 Å². The van der Waals surface area contributed by atoms with Gasteiger partial charge in [-0.15, -0.1) is 0 Å². The van der Waals surface area contributed by atoms with Crippen LogP contribution in [0.15, 0.2) is 28.9 Å². The number of esters is 1. The smallest absolute Gasteiger partial charge is 0.341 e. The molecule has 0 amide bonds. The van der Waals surface area contributed by atoms with Crippen molar-refractivity contribution < 1.29 is 68.4 Å². The van der Waals surface area contributed by atoms with Gasteiger partial charge in [-0.25, -0.2) is 4.79 Å². The van der Waals surface area contributed by atoms with Crippen molar-refractivity contribution in [3.8, 4) is 11.5 Å². The number of aliphatic hydroxyl groups excluding tert-OH is 2. The molecule has 0 radical (unpaired) electrons. The second kappa shape index (κ2) is 12.6. The Bertz CT molecular complexity index is 1950. The minimum Gasteiger partial charge on any atom is -0.507 e. The van der Waals surface area contributed by atoms with E-state index in [4.69, 9.17) is 23.7 Å². The lowest BCUT2D eigenvalue weighted by Crippen LogP contribution is -2.73. The van der Waals surface area contributed by atoms with Gasteiger partial charge in [-0.3, -0.25) is 19.4 Å². The largest absolute Gasteiger partial charge is 0.507 e. The van der Waals surface area contributed by atoms with Gasteiger partial charge in [0.15, 0.2) is 17.4 Å². The van der Waals surface area contributed by atoms with E-state index in [1.165, 1.54) is 40.3 Å². The van der Waals surface area contributed by atoms with Gasteiger partial charge >= 0.3 is 5.97 Å². The Labute approximate surface area is 291 Å². The predicted molar refractivity (Wildman–Crippen MR) is 174 cm³/mol. The number of nitrogens with one attached hydrogen (secondary N) is 1. The number of ketones is 3. The molecule has 2 aromatic rings. The first-order valence-electron chi connectivity index (χ1n) is 15.9. The van der Waals surface area contributed by atoms with Gasteiger partial charge in [0.25, 0.3) is 0 Å². The molecule has 1 aliphatic heterocycles. The molecule has 4 aliphatic rings. The first-order chi connectivity index (χ1) is 24.1. The van der Waals surface area contributed by atoms with Gasteiger partial charge in [0.1, 0.15) is 35.4 Å². The van der Waals surface area contributed by atoms with Crippen LogP contribution in [0.3, 0.4) is 0 Å². The van der Waals surface area contributed by atoms with Crippen LogP contribution in [0.25, 0.3) is 0 Å². The molecular weight excluding hydrogens is 672 g/mol. The quantitative estimate of drug-likeness (QED) is 0.216. The SMILES string of the molecule is CN=C1C=C(NC2OC(C)C(OC)C(O)C2OC)C(=O)c2cc3c(c(O)c21)C(=O)[C@]1(OC)[C@H](O)Cc2cc(C)c(C(=O)OC)c(O)c2[C@]1(O)C3=O. The average molecular weight is 711 g/mol. The van der Waals surface area contributed by atoms with Crippen LogP contribution in [-0.4, -0.2) is 132 Å². The number of Topliss-reactive ketones (excluding diaryl/α,β-unsaturated/α-hetero) is 3. The summed E-state index contributed by atoms with van der Waals surface area (Å²) in [6.45, 7) is 3.13. The molecular formula is C35H38N2O14. The number of aryl methyl sites for hydroxylation is 1. The molecule has 6 N–H and O–H groups in total. The summed E-state index contributed by atoms with van der Waals surface area (Å²) in [5.74, 6) is -6.08. The fourth-order valence-electron chi connectivity index (χ4n) is 8.04. The number of allylic oxidation sites excluding steroid dienone is 2. The summed E-state index contributed by atoms with van der Waals surface area (Å²) in [7, 11) is 6.13. The molecule has 8 atom stereocenters. The van der Waals surface area contributed by atoms with E-state index in [1.807, 2.05) is 0 Å². The molecule has 51 heavy (non-hydrogen) atoms. The maximum atomic E-state index is 14.7. The van der Waals surface area contributed by atoms with Crippen molar-refractivity contribution in [2.24, 2.45) is 4.99 Å². The molecule has 272 valence electrons. The number of carbonyl (C=O) groups excluding carboxylic acids is 4. The minimum absolute atomic E-state index is 0.00142. The molecule has 0 saturated carbocycles. The Hall–Kier alpha value is -4.55. The minimum atomic E-state index is -3.18. The van der Waals surface area contributed by atoms with Crippen molar-refractivity contribution in [2.75, 3.05) is 35.5 Å². The number of aliphatic hydroxyl groups is 3. The van der Waals surface area contributed by atoms with Crippen LogP contribution in [0.5, 0.6) is 11.5 Å². The number of fused-ring (bicyclic) bond motifs is 5. The van der Waals surface area contributed by atoms with Crippen LogP contribution in [0.1, 0.15) is 70.6 Å². The molecule has 2 aromatic carbocycles. The van der Waals surface area contributed by atoms with E-state index in [9.17, 15) is 44.7 Å². The van der Waals surface area contributed by atoms with E-state index < -0.39 is 111 Å².